The minimum absolute atomic E-state index is 0.0255. The highest BCUT2D eigenvalue weighted by molar-refractivity contribution is 8.14. The van der Waals surface area contributed by atoms with Crippen molar-refractivity contribution in [1.29, 1.82) is 0 Å². The Bertz CT molecular complexity index is 764. The third kappa shape index (κ3) is 3.59. The lowest BCUT2D eigenvalue weighted by Gasteiger charge is -2.05. The molecule has 0 bridgehead atoms. The highest BCUT2D eigenvalue weighted by Gasteiger charge is 2.15. The van der Waals surface area contributed by atoms with Crippen molar-refractivity contribution in [3.05, 3.63) is 40.6 Å². The first-order chi connectivity index (χ1) is 9.38. The number of rotatable bonds is 5. The first-order valence-electron chi connectivity index (χ1n) is 5.46. The van der Waals surface area contributed by atoms with Crippen LogP contribution in [-0.4, -0.2) is 29.8 Å². The fourth-order valence-electron chi connectivity index (χ4n) is 1.66. The highest BCUT2D eigenvalue weighted by Crippen LogP contribution is 2.32. The quantitative estimate of drug-likeness (QED) is 0.362. The maximum Gasteiger partial charge on any atom is 0.278 e. The summed E-state index contributed by atoms with van der Waals surface area (Å²) in [6.07, 6.45) is 1.54. The van der Waals surface area contributed by atoms with Crippen LogP contribution >= 0.6 is 22.4 Å². The molecule has 0 N–H and O–H groups in total. The number of non-ortho nitro benzene ring substituents is 1. The monoisotopic (exact) mass is 332 g/mol. The van der Waals surface area contributed by atoms with Gasteiger partial charge in [-0.05, 0) is 18.2 Å². The first-order valence-corrected chi connectivity index (χ1v) is 8.92. The van der Waals surface area contributed by atoms with Gasteiger partial charge < -0.3 is 0 Å². The molecule has 0 fully saturated rings. The molecule has 1 heterocycles. The predicted molar refractivity (Wildman–Crippen MR) is 78.8 cm³/mol. The molecule has 20 heavy (non-hydrogen) atoms. The predicted octanol–water partition coefficient (Wildman–Crippen LogP) is 2.80. The van der Waals surface area contributed by atoms with Crippen molar-refractivity contribution < 1.29 is 13.3 Å². The van der Waals surface area contributed by atoms with Crippen molar-refractivity contribution in [2.24, 2.45) is 0 Å². The number of nitro groups is 1. The molecule has 0 spiro atoms. The van der Waals surface area contributed by atoms with Crippen LogP contribution in [0.4, 0.5) is 5.69 Å². The molecular weight excluding hydrogens is 324 g/mol. The van der Waals surface area contributed by atoms with Gasteiger partial charge in [-0.3, -0.25) is 15.1 Å². The molecule has 6 nitrogen and oxygen atoms in total. The number of hydrogen-bond acceptors (Lipinski definition) is 6. The lowest BCUT2D eigenvalue weighted by Crippen LogP contribution is -2.00. The standard InChI is InChI=1S/C11H9ClN2O4S2/c12-20(17,18)7-6-19-10-4-3-9(14(15)16)8-2-1-5-13-11(8)10/h1-5H,6-7H2. The van der Waals surface area contributed by atoms with E-state index in [2.05, 4.69) is 4.98 Å². The van der Waals surface area contributed by atoms with Gasteiger partial charge in [0, 0.05) is 33.6 Å². The van der Waals surface area contributed by atoms with E-state index >= 15 is 0 Å². The molecule has 0 saturated carbocycles. The Kier molecular flexibility index (Phi) is 4.46. The van der Waals surface area contributed by atoms with Gasteiger partial charge in [-0.2, -0.15) is 0 Å². The zero-order valence-electron chi connectivity index (χ0n) is 10.0. The molecule has 9 heteroatoms. The van der Waals surface area contributed by atoms with E-state index in [4.69, 9.17) is 10.7 Å². The maximum absolute atomic E-state index is 10.9. The molecule has 0 saturated heterocycles. The van der Waals surface area contributed by atoms with Crippen molar-refractivity contribution in [3.63, 3.8) is 0 Å². The van der Waals surface area contributed by atoms with Crippen molar-refractivity contribution in [2.45, 2.75) is 4.90 Å². The fourth-order valence-corrected chi connectivity index (χ4v) is 4.04. The Labute approximate surface area is 123 Å². The Morgan fingerprint density at radius 2 is 2.10 bits per heavy atom. The lowest BCUT2D eigenvalue weighted by atomic mass is 10.2. The Morgan fingerprint density at radius 1 is 1.35 bits per heavy atom. The van der Waals surface area contributed by atoms with Crippen molar-refractivity contribution >= 4 is 48.1 Å². The molecule has 0 atom stereocenters. The third-order valence-corrected chi connectivity index (χ3v) is 4.95. The van der Waals surface area contributed by atoms with E-state index in [1.54, 1.807) is 18.2 Å². The molecule has 0 aliphatic heterocycles. The number of nitrogens with zero attached hydrogens (tertiary/aromatic N) is 2. The smallest absolute Gasteiger partial charge is 0.258 e. The average Bonchev–Trinajstić information content (AvgIpc) is 2.37. The molecule has 0 aliphatic rings. The number of halogens is 1. The molecule has 0 aliphatic carbocycles. The number of aromatic nitrogens is 1. The van der Waals surface area contributed by atoms with E-state index < -0.39 is 14.0 Å². The van der Waals surface area contributed by atoms with Gasteiger partial charge in [0.05, 0.1) is 21.6 Å². The summed E-state index contributed by atoms with van der Waals surface area (Å²) >= 11 is 1.25. The zero-order valence-corrected chi connectivity index (χ0v) is 12.4. The lowest BCUT2D eigenvalue weighted by molar-refractivity contribution is -0.383. The summed E-state index contributed by atoms with van der Waals surface area (Å²) < 4.78 is 21.8. The van der Waals surface area contributed by atoms with Crippen molar-refractivity contribution in [2.75, 3.05) is 11.5 Å². The second-order valence-electron chi connectivity index (χ2n) is 3.83. The Hall–Kier alpha value is -1.38. The summed E-state index contributed by atoms with van der Waals surface area (Å²) in [7, 11) is 1.59. The molecule has 0 radical (unpaired) electrons. The normalized spacial score (nSPS) is 11.7. The first kappa shape index (κ1) is 15.0. The average molecular weight is 333 g/mol. The molecule has 2 aromatic rings. The minimum atomic E-state index is -3.55. The number of thioether (sulfide) groups is 1. The number of nitro benzene ring substituents is 1. The van der Waals surface area contributed by atoms with Crippen LogP contribution in [0.1, 0.15) is 0 Å². The minimum Gasteiger partial charge on any atom is -0.258 e. The van der Waals surface area contributed by atoms with Crippen LogP contribution in [0.5, 0.6) is 0 Å². The molecule has 106 valence electrons. The topological polar surface area (TPSA) is 90.2 Å². The summed E-state index contributed by atoms with van der Waals surface area (Å²) in [5.41, 5.74) is 0.459. The van der Waals surface area contributed by atoms with E-state index in [0.29, 0.717) is 15.8 Å². The number of benzene rings is 1. The molecule has 1 aromatic carbocycles. The second-order valence-corrected chi connectivity index (χ2v) is 7.86. The molecule has 0 unspecified atom stereocenters. The Balaban J connectivity index is 2.36. The molecular formula is C11H9ClN2O4S2. The van der Waals surface area contributed by atoms with Gasteiger partial charge in [0.25, 0.3) is 5.69 Å². The van der Waals surface area contributed by atoms with E-state index in [-0.39, 0.29) is 17.2 Å². The van der Waals surface area contributed by atoms with Crippen LogP contribution < -0.4 is 0 Å². The van der Waals surface area contributed by atoms with Gasteiger partial charge in [0.15, 0.2) is 0 Å². The molecule has 1 aromatic heterocycles. The third-order valence-electron chi connectivity index (χ3n) is 2.49. The van der Waals surface area contributed by atoms with Gasteiger partial charge in [0.1, 0.15) is 0 Å². The maximum atomic E-state index is 10.9. The second kappa shape index (κ2) is 5.94. The molecule has 2 rings (SSSR count). The van der Waals surface area contributed by atoms with Crippen LogP contribution in [0.2, 0.25) is 0 Å². The van der Waals surface area contributed by atoms with Gasteiger partial charge >= 0.3 is 0 Å². The van der Waals surface area contributed by atoms with Gasteiger partial charge in [0.2, 0.25) is 9.05 Å². The zero-order chi connectivity index (χ0) is 14.8. The van der Waals surface area contributed by atoms with Crippen LogP contribution in [0.3, 0.4) is 0 Å². The number of hydrogen-bond donors (Lipinski definition) is 0. The van der Waals surface area contributed by atoms with Gasteiger partial charge in [-0.15, -0.1) is 11.8 Å². The summed E-state index contributed by atoms with van der Waals surface area (Å²) in [6, 6.07) is 6.19. The highest BCUT2D eigenvalue weighted by atomic mass is 35.7. The van der Waals surface area contributed by atoms with E-state index in [0.717, 1.165) is 0 Å². The van der Waals surface area contributed by atoms with Gasteiger partial charge in [-0.25, -0.2) is 8.42 Å². The SMILES string of the molecule is O=[N+]([O-])c1ccc(SCCS(=O)(=O)Cl)c2ncccc12. The Morgan fingerprint density at radius 3 is 2.75 bits per heavy atom. The number of pyridine rings is 1. The van der Waals surface area contributed by atoms with Crippen LogP contribution in [0.15, 0.2) is 35.4 Å². The summed E-state index contributed by atoms with van der Waals surface area (Å²) in [4.78, 5) is 15.3. The fraction of sp³-hybridized carbons (Fsp3) is 0.182. The summed E-state index contributed by atoms with van der Waals surface area (Å²) in [5.74, 6) is 0.0832. The summed E-state index contributed by atoms with van der Waals surface area (Å²) in [5, 5.41) is 11.4. The van der Waals surface area contributed by atoms with Crippen LogP contribution in [-0.2, 0) is 9.05 Å². The van der Waals surface area contributed by atoms with E-state index in [1.165, 1.54) is 24.0 Å². The largest absolute Gasteiger partial charge is 0.278 e. The summed E-state index contributed by atoms with van der Waals surface area (Å²) in [6.45, 7) is 0. The van der Waals surface area contributed by atoms with Crippen molar-refractivity contribution in [3.8, 4) is 0 Å². The molecule has 0 amide bonds. The van der Waals surface area contributed by atoms with E-state index in [1.807, 2.05) is 0 Å². The number of fused-ring (bicyclic) bond motifs is 1. The van der Waals surface area contributed by atoms with Crippen molar-refractivity contribution in [1.82, 2.24) is 4.98 Å². The van der Waals surface area contributed by atoms with Crippen LogP contribution in [0.25, 0.3) is 10.9 Å². The van der Waals surface area contributed by atoms with Crippen LogP contribution in [0, 0.1) is 10.1 Å². The van der Waals surface area contributed by atoms with E-state index in [9.17, 15) is 18.5 Å². The van der Waals surface area contributed by atoms with Gasteiger partial charge in [-0.1, -0.05) is 0 Å².